The van der Waals surface area contributed by atoms with E-state index in [1.54, 1.807) is 0 Å². The van der Waals surface area contributed by atoms with Crippen LogP contribution in [0.5, 0.6) is 0 Å². The number of nitrogens with one attached hydrogen (secondary N) is 2. The molecule has 2 nitrogen and oxygen atoms in total. The van der Waals surface area contributed by atoms with Gasteiger partial charge < -0.3 is 10.6 Å². The molecule has 0 saturated carbocycles. The zero-order valence-electron chi connectivity index (χ0n) is 15.6. The summed E-state index contributed by atoms with van der Waals surface area (Å²) in [6, 6.07) is 28.0. The highest BCUT2D eigenvalue weighted by molar-refractivity contribution is 6.20. The van der Waals surface area contributed by atoms with Gasteiger partial charge in [0, 0.05) is 33.3 Å². The van der Waals surface area contributed by atoms with Crippen LogP contribution >= 0.6 is 0 Å². The minimum Gasteiger partial charge on any atom is -0.378 e. The molecule has 2 N–H and O–H groups in total. The molecule has 1 atom stereocenters. The highest BCUT2D eigenvalue weighted by atomic mass is 14.9. The summed E-state index contributed by atoms with van der Waals surface area (Å²) in [6.07, 6.45) is 9.69. The van der Waals surface area contributed by atoms with E-state index in [0.717, 1.165) is 17.8 Å². The molecule has 1 unspecified atom stereocenters. The lowest BCUT2D eigenvalue weighted by Crippen LogP contribution is -2.17. The summed E-state index contributed by atoms with van der Waals surface area (Å²) in [5, 5.41) is 12.4. The molecule has 0 spiro atoms. The maximum atomic E-state index is 3.79. The Kier molecular flexibility index (Phi) is 4.30. The van der Waals surface area contributed by atoms with Crippen LogP contribution in [0.15, 0.2) is 103 Å². The van der Waals surface area contributed by atoms with Gasteiger partial charge in [0.15, 0.2) is 0 Å². The van der Waals surface area contributed by atoms with Crippen LogP contribution in [-0.4, -0.2) is 6.04 Å². The molecule has 0 aliphatic heterocycles. The summed E-state index contributed by atoms with van der Waals surface area (Å²) in [6.45, 7) is 0. The Morgan fingerprint density at radius 2 is 1.18 bits per heavy atom. The number of benzene rings is 4. The second-order valence-corrected chi connectivity index (χ2v) is 7.13. The normalized spacial score (nSPS) is 15.8. The fourth-order valence-electron chi connectivity index (χ4n) is 3.96. The van der Waals surface area contributed by atoms with Gasteiger partial charge in [-0.2, -0.15) is 0 Å². The van der Waals surface area contributed by atoms with Crippen molar-refractivity contribution in [1.29, 1.82) is 0 Å². The average molecular weight is 362 g/mol. The lowest BCUT2D eigenvalue weighted by Gasteiger charge is -2.22. The molecular weight excluding hydrogens is 340 g/mol. The molecule has 0 amide bonds. The number of fused-ring (bicyclic) bond motifs is 2. The molecule has 2 heteroatoms. The van der Waals surface area contributed by atoms with Gasteiger partial charge >= 0.3 is 0 Å². The van der Waals surface area contributed by atoms with Crippen LogP contribution in [-0.2, 0) is 0 Å². The van der Waals surface area contributed by atoms with Gasteiger partial charge in [0.05, 0.1) is 11.4 Å². The molecular formula is C26H22N2. The van der Waals surface area contributed by atoms with Crippen molar-refractivity contribution in [3.8, 4) is 0 Å². The van der Waals surface area contributed by atoms with Crippen LogP contribution in [0.25, 0.3) is 21.5 Å². The molecule has 0 fully saturated rings. The molecule has 0 aromatic heterocycles. The predicted molar refractivity (Wildman–Crippen MR) is 121 cm³/mol. The molecule has 1 aliphatic carbocycles. The second kappa shape index (κ2) is 7.24. The smallest absolute Gasteiger partial charge is 0.0545 e. The van der Waals surface area contributed by atoms with E-state index in [1.807, 2.05) is 6.07 Å². The lowest BCUT2D eigenvalue weighted by molar-refractivity contribution is 0.886. The molecule has 136 valence electrons. The van der Waals surface area contributed by atoms with Gasteiger partial charge in [-0.1, -0.05) is 91.0 Å². The summed E-state index contributed by atoms with van der Waals surface area (Å²) in [7, 11) is 0. The third-order valence-electron chi connectivity index (χ3n) is 5.28. The first-order chi connectivity index (χ1) is 13.9. The zero-order valence-corrected chi connectivity index (χ0v) is 15.6. The van der Waals surface area contributed by atoms with Crippen molar-refractivity contribution >= 4 is 38.6 Å². The molecule has 1 aliphatic rings. The van der Waals surface area contributed by atoms with Crippen LogP contribution < -0.4 is 10.6 Å². The number of hydrogen-bond donors (Lipinski definition) is 2. The topological polar surface area (TPSA) is 24.1 Å². The number of rotatable bonds is 4. The second-order valence-electron chi connectivity index (χ2n) is 7.13. The van der Waals surface area contributed by atoms with Gasteiger partial charge in [0.1, 0.15) is 0 Å². The minimum absolute atomic E-state index is 0.310. The summed E-state index contributed by atoms with van der Waals surface area (Å²) < 4.78 is 0. The highest BCUT2D eigenvalue weighted by Crippen LogP contribution is 2.41. The molecule has 4 aromatic carbocycles. The van der Waals surface area contributed by atoms with Crippen LogP contribution in [0.1, 0.15) is 6.42 Å². The number of para-hydroxylation sites is 1. The molecule has 0 bridgehead atoms. The summed E-state index contributed by atoms with van der Waals surface area (Å²) in [5.41, 5.74) is 3.45. The molecule has 4 aromatic rings. The molecule has 0 radical (unpaired) electrons. The van der Waals surface area contributed by atoms with Crippen LogP contribution in [0, 0.1) is 0 Å². The first kappa shape index (κ1) is 16.6. The van der Waals surface area contributed by atoms with E-state index in [-0.39, 0.29) is 0 Å². The highest BCUT2D eigenvalue weighted by Gasteiger charge is 2.16. The van der Waals surface area contributed by atoms with Crippen molar-refractivity contribution in [2.24, 2.45) is 0 Å². The number of anilines is 3. The van der Waals surface area contributed by atoms with E-state index in [2.05, 4.69) is 108 Å². The quantitative estimate of drug-likeness (QED) is 0.301. The van der Waals surface area contributed by atoms with Gasteiger partial charge in [0.2, 0.25) is 0 Å². The largest absolute Gasteiger partial charge is 0.378 e. The van der Waals surface area contributed by atoms with Gasteiger partial charge in [0.25, 0.3) is 0 Å². The van der Waals surface area contributed by atoms with Crippen molar-refractivity contribution in [2.75, 3.05) is 10.6 Å². The van der Waals surface area contributed by atoms with Crippen LogP contribution in [0.4, 0.5) is 17.1 Å². The fourth-order valence-corrected chi connectivity index (χ4v) is 3.96. The van der Waals surface area contributed by atoms with E-state index in [4.69, 9.17) is 0 Å². The van der Waals surface area contributed by atoms with E-state index < -0.39 is 0 Å². The standard InChI is InChI=1S/C26H22N2/c1-3-11-19(12-4-1)27-25-21-15-7-9-17-23(21)26(24-18-10-8-16-22(24)25)28-20-13-5-2-6-14-20/h1-13,15-18,20,27-28H,14H2. The van der Waals surface area contributed by atoms with E-state index in [0.29, 0.717) is 6.04 Å². The third-order valence-corrected chi connectivity index (χ3v) is 5.28. The summed E-state index contributed by atoms with van der Waals surface area (Å²) >= 11 is 0. The summed E-state index contributed by atoms with van der Waals surface area (Å²) in [4.78, 5) is 0. The Morgan fingerprint density at radius 3 is 1.75 bits per heavy atom. The van der Waals surface area contributed by atoms with E-state index >= 15 is 0 Å². The van der Waals surface area contributed by atoms with E-state index in [9.17, 15) is 0 Å². The zero-order chi connectivity index (χ0) is 18.8. The molecule has 28 heavy (non-hydrogen) atoms. The Bertz CT molecular complexity index is 1130. The first-order valence-electron chi connectivity index (χ1n) is 9.75. The lowest BCUT2D eigenvalue weighted by atomic mass is 9.97. The van der Waals surface area contributed by atoms with Crippen LogP contribution in [0.3, 0.4) is 0 Å². The maximum Gasteiger partial charge on any atom is 0.0545 e. The Labute approximate surface area is 165 Å². The van der Waals surface area contributed by atoms with Gasteiger partial charge in [-0.05, 0) is 18.6 Å². The monoisotopic (exact) mass is 362 g/mol. The Morgan fingerprint density at radius 1 is 0.607 bits per heavy atom. The Hall–Kier alpha value is -3.52. The van der Waals surface area contributed by atoms with E-state index in [1.165, 1.54) is 27.2 Å². The van der Waals surface area contributed by atoms with Crippen molar-refractivity contribution in [3.63, 3.8) is 0 Å². The Balaban J connectivity index is 1.73. The SMILES string of the molecule is C1=CCC(Nc2c3ccccc3c(Nc3ccccc3)c3ccccc23)C=C1. The molecule has 0 heterocycles. The van der Waals surface area contributed by atoms with Gasteiger partial charge in [-0.3, -0.25) is 0 Å². The summed E-state index contributed by atoms with van der Waals surface area (Å²) in [5.74, 6) is 0. The first-order valence-corrected chi connectivity index (χ1v) is 9.75. The predicted octanol–water partition coefficient (Wildman–Crippen LogP) is 7.03. The maximum absolute atomic E-state index is 3.79. The van der Waals surface area contributed by atoms with Gasteiger partial charge in [-0.15, -0.1) is 0 Å². The fraction of sp³-hybridized carbons (Fsp3) is 0.0769. The van der Waals surface area contributed by atoms with Crippen LogP contribution in [0.2, 0.25) is 0 Å². The van der Waals surface area contributed by atoms with Crippen molar-refractivity contribution < 1.29 is 0 Å². The average Bonchev–Trinajstić information content (AvgIpc) is 2.77. The van der Waals surface area contributed by atoms with Crippen molar-refractivity contribution in [1.82, 2.24) is 0 Å². The molecule has 5 rings (SSSR count). The number of hydrogen-bond acceptors (Lipinski definition) is 2. The van der Waals surface area contributed by atoms with Crippen molar-refractivity contribution in [2.45, 2.75) is 12.5 Å². The van der Waals surface area contributed by atoms with Crippen molar-refractivity contribution in [3.05, 3.63) is 103 Å². The van der Waals surface area contributed by atoms with Gasteiger partial charge in [-0.25, -0.2) is 0 Å². The third kappa shape index (κ3) is 3.03. The minimum atomic E-state index is 0.310. The number of allylic oxidation sites excluding steroid dienone is 2. The molecule has 0 saturated heterocycles.